The summed E-state index contributed by atoms with van der Waals surface area (Å²) in [5, 5.41) is 13.2. The molecule has 1 N–H and O–H groups in total. The van der Waals surface area contributed by atoms with E-state index in [4.69, 9.17) is 6.42 Å². The molecule has 0 aliphatic carbocycles. The lowest BCUT2D eigenvalue weighted by Gasteiger charge is -2.07. The Hall–Kier alpha value is -3.76. The maximum atomic E-state index is 12.5. The number of benzene rings is 2. The lowest BCUT2D eigenvalue weighted by molar-refractivity contribution is -0.112. The second-order valence-electron chi connectivity index (χ2n) is 5.87. The number of aryl methyl sites for hydroxylation is 1. The van der Waals surface area contributed by atoms with Crippen LogP contribution < -0.4 is 5.32 Å². The Morgan fingerprint density at radius 1 is 1.23 bits per heavy atom. The summed E-state index contributed by atoms with van der Waals surface area (Å²) in [7, 11) is 0. The van der Waals surface area contributed by atoms with Crippen molar-refractivity contribution in [1.29, 1.82) is 5.26 Å². The van der Waals surface area contributed by atoms with E-state index in [9.17, 15) is 10.1 Å². The van der Waals surface area contributed by atoms with Crippen molar-refractivity contribution in [3.8, 4) is 18.4 Å². The molecule has 0 bridgehead atoms. The van der Waals surface area contributed by atoms with Gasteiger partial charge in [0, 0.05) is 28.4 Å². The van der Waals surface area contributed by atoms with Crippen LogP contribution in [0.15, 0.2) is 60.3 Å². The maximum Gasteiger partial charge on any atom is 0.266 e. The number of anilines is 1. The van der Waals surface area contributed by atoms with Crippen molar-refractivity contribution in [2.45, 2.75) is 13.5 Å². The van der Waals surface area contributed by atoms with Crippen LogP contribution in [0.4, 0.5) is 5.69 Å². The molecule has 126 valence electrons. The van der Waals surface area contributed by atoms with Crippen molar-refractivity contribution in [3.05, 3.63) is 71.4 Å². The Morgan fingerprint density at radius 3 is 2.69 bits per heavy atom. The molecule has 0 unspecified atom stereocenters. The van der Waals surface area contributed by atoms with Crippen molar-refractivity contribution in [3.63, 3.8) is 0 Å². The summed E-state index contributed by atoms with van der Waals surface area (Å²) in [5.41, 5.74) is 3.41. The minimum atomic E-state index is -0.435. The molecule has 1 aromatic heterocycles. The van der Waals surface area contributed by atoms with Gasteiger partial charge in [0.05, 0.1) is 6.54 Å². The van der Waals surface area contributed by atoms with Gasteiger partial charge in [-0.2, -0.15) is 5.26 Å². The lowest BCUT2D eigenvalue weighted by atomic mass is 10.1. The third kappa shape index (κ3) is 3.36. The van der Waals surface area contributed by atoms with Gasteiger partial charge < -0.3 is 9.88 Å². The third-order valence-corrected chi connectivity index (χ3v) is 4.14. The molecule has 3 rings (SSSR count). The number of rotatable bonds is 4. The van der Waals surface area contributed by atoms with E-state index < -0.39 is 5.91 Å². The number of aromatic nitrogens is 1. The first-order valence-electron chi connectivity index (χ1n) is 8.14. The van der Waals surface area contributed by atoms with Crippen LogP contribution in [0.2, 0.25) is 0 Å². The fourth-order valence-electron chi connectivity index (χ4n) is 2.83. The first kappa shape index (κ1) is 17.1. The number of amides is 1. The molecule has 2 aromatic carbocycles. The van der Waals surface area contributed by atoms with Crippen molar-refractivity contribution < 1.29 is 4.79 Å². The summed E-state index contributed by atoms with van der Waals surface area (Å²) in [4.78, 5) is 12.5. The van der Waals surface area contributed by atoms with Gasteiger partial charge in [-0.3, -0.25) is 4.79 Å². The summed E-state index contributed by atoms with van der Waals surface area (Å²) < 4.78 is 1.93. The number of nitrogens with zero attached hydrogens (tertiary/aromatic N) is 2. The average molecular weight is 339 g/mol. The number of hydrogen-bond donors (Lipinski definition) is 1. The minimum Gasteiger partial charge on any atom is -0.335 e. The normalized spacial score (nSPS) is 11.0. The zero-order valence-corrected chi connectivity index (χ0v) is 14.4. The van der Waals surface area contributed by atoms with Gasteiger partial charge in [-0.15, -0.1) is 6.42 Å². The molecule has 1 heterocycles. The molecule has 0 fully saturated rings. The molecule has 0 saturated carbocycles. The van der Waals surface area contributed by atoms with Crippen LogP contribution in [0.3, 0.4) is 0 Å². The molecule has 0 spiro atoms. The molecule has 1 amide bonds. The molecule has 0 saturated heterocycles. The number of nitrogens with one attached hydrogen (secondary N) is 1. The number of hydrogen-bond acceptors (Lipinski definition) is 2. The Morgan fingerprint density at radius 2 is 1.96 bits per heavy atom. The Balaban J connectivity index is 1.98. The smallest absolute Gasteiger partial charge is 0.266 e. The molecule has 4 nitrogen and oxygen atoms in total. The summed E-state index contributed by atoms with van der Waals surface area (Å²) in [5.74, 6) is 2.18. The SMILES string of the molecule is C#CCn1cc(C=C(C#N)C(=O)Nc2ccccc2C)c2ccccc21. The molecule has 3 aromatic rings. The van der Waals surface area contributed by atoms with Crippen molar-refractivity contribution in [1.82, 2.24) is 4.57 Å². The van der Waals surface area contributed by atoms with E-state index in [0.29, 0.717) is 12.2 Å². The topological polar surface area (TPSA) is 57.8 Å². The van der Waals surface area contributed by atoms with Gasteiger partial charge in [-0.1, -0.05) is 42.3 Å². The van der Waals surface area contributed by atoms with E-state index >= 15 is 0 Å². The van der Waals surface area contributed by atoms with Gasteiger partial charge in [0.2, 0.25) is 0 Å². The van der Waals surface area contributed by atoms with Crippen molar-refractivity contribution in [2.75, 3.05) is 5.32 Å². The predicted molar refractivity (Wildman–Crippen MR) is 104 cm³/mol. The minimum absolute atomic E-state index is 0.0388. The molecule has 26 heavy (non-hydrogen) atoms. The fraction of sp³-hybridized carbons (Fsp3) is 0.0909. The molecular formula is C22H17N3O. The van der Waals surface area contributed by atoms with E-state index in [0.717, 1.165) is 22.0 Å². The fourth-order valence-corrected chi connectivity index (χ4v) is 2.83. The van der Waals surface area contributed by atoms with Gasteiger partial charge in [-0.25, -0.2) is 0 Å². The largest absolute Gasteiger partial charge is 0.335 e. The van der Waals surface area contributed by atoms with Crippen LogP contribution in [0.1, 0.15) is 11.1 Å². The number of fused-ring (bicyclic) bond motifs is 1. The van der Waals surface area contributed by atoms with E-state index in [1.807, 2.05) is 66.2 Å². The number of para-hydroxylation sites is 2. The Kier molecular flexibility index (Phi) is 4.87. The Labute approximate surface area is 152 Å². The second-order valence-corrected chi connectivity index (χ2v) is 5.87. The van der Waals surface area contributed by atoms with Crippen molar-refractivity contribution in [2.24, 2.45) is 0 Å². The number of carbonyl (C=O) groups excluding carboxylic acids is 1. The number of nitriles is 1. The maximum absolute atomic E-state index is 12.5. The van der Waals surface area contributed by atoms with Gasteiger partial charge in [-0.05, 0) is 30.7 Å². The standard InChI is InChI=1S/C22H17N3O/c1-3-12-25-15-18(19-9-5-7-11-21(19)25)13-17(14-23)22(26)24-20-10-6-4-8-16(20)2/h1,4-11,13,15H,12H2,2H3,(H,24,26). The highest BCUT2D eigenvalue weighted by Crippen LogP contribution is 2.24. The second kappa shape index (κ2) is 7.42. The van der Waals surface area contributed by atoms with Crippen LogP contribution in [-0.4, -0.2) is 10.5 Å². The first-order valence-corrected chi connectivity index (χ1v) is 8.14. The van der Waals surface area contributed by atoms with E-state index in [2.05, 4.69) is 11.2 Å². The molecule has 0 aliphatic rings. The zero-order chi connectivity index (χ0) is 18.5. The first-order chi connectivity index (χ1) is 12.6. The highest BCUT2D eigenvalue weighted by atomic mass is 16.1. The average Bonchev–Trinajstić information content (AvgIpc) is 2.99. The summed E-state index contributed by atoms with van der Waals surface area (Å²) in [6.07, 6.45) is 8.90. The van der Waals surface area contributed by atoms with Crippen LogP contribution in [0.25, 0.3) is 17.0 Å². The van der Waals surface area contributed by atoms with Crippen LogP contribution >= 0.6 is 0 Å². The van der Waals surface area contributed by atoms with Crippen LogP contribution in [0.5, 0.6) is 0 Å². The van der Waals surface area contributed by atoms with Gasteiger partial charge in [0.1, 0.15) is 11.6 Å². The molecular weight excluding hydrogens is 322 g/mol. The predicted octanol–water partition coefficient (Wildman–Crippen LogP) is 4.13. The van der Waals surface area contributed by atoms with E-state index in [-0.39, 0.29) is 5.57 Å². The van der Waals surface area contributed by atoms with Crippen LogP contribution in [-0.2, 0) is 11.3 Å². The highest BCUT2D eigenvalue weighted by Gasteiger charge is 2.13. The third-order valence-electron chi connectivity index (χ3n) is 4.14. The molecule has 4 heteroatoms. The summed E-state index contributed by atoms with van der Waals surface area (Å²) in [6, 6.07) is 17.2. The quantitative estimate of drug-likeness (QED) is 0.441. The van der Waals surface area contributed by atoms with Crippen molar-refractivity contribution >= 4 is 28.6 Å². The number of carbonyl (C=O) groups is 1. The zero-order valence-electron chi connectivity index (χ0n) is 14.4. The highest BCUT2D eigenvalue weighted by molar-refractivity contribution is 6.11. The van der Waals surface area contributed by atoms with Crippen LogP contribution in [0, 0.1) is 30.6 Å². The monoisotopic (exact) mass is 339 g/mol. The van der Waals surface area contributed by atoms with Gasteiger partial charge >= 0.3 is 0 Å². The molecule has 0 radical (unpaired) electrons. The van der Waals surface area contributed by atoms with Gasteiger partial charge in [0.15, 0.2) is 0 Å². The number of terminal acetylenes is 1. The van der Waals surface area contributed by atoms with E-state index in [1.165, 1.54) is 0 Å². The van der Waals surface area contributed by atoms with E-state index in [1.54, 1.807) is 12.1 Å². The summed E-state index contributed by atoms with van der Waals surface area (Å²) >= 11 is 0. The molecule has 0 aliphatic heterocycles. The Bertz CT molecular complexity index is 1090. The molecule has 0 atom stereocenters. The van der Waals surface area contributed by atoms with Gasteiger partial charge in [0.25, 0.3) is 5.91 Å². The summed E-state index contributed by atoms with van der Waals surface area (Å²) in [6.45, 7) is 2.32. The lowest BCUT2D eigenvalue weighted by Crippen LogP contribution is -2.14.